The quantitative estimate of drug-likeness (QED) is 0.847. The topological polar surface area (TPSA) is 44.8 Å². The molecule has 2 heterocycles. The largest absolute Gasteiger partial charge is 0.356 e. The molecule has 3 rings (SSSR count). The molecule has 4 nitrogen and oxygen atoms in total. The molecular weight excluding hydrogens is 256 g/mol. The Bertz CT molecular complexity index is 545. The molecule has 1 aliphatic carbocycles. The first-order valence-corrected chi connectivity index (χ1v) is 7.54. The summed E-state index contributed by atoms with van der Waals surface area (Å²) in [4.78, 5) is 14.2. The highest BCUT2D eigenvalue weighted by atomic mass is 32.1. The lowest BCUT2D eigenvalue weighted by Crippen LogP contribution is -2.36. The molecule has 2 aromatic heterocycles. The first-order valence-electron chi connectivity index (χ1n) is 6.91. The van der Waals surface area contributed by atoms with Gasteiger partial charge in [-0.25, -0.2) is 9.97 Å². The van der Waals surface area contributed by atoms with Gasteiger partial charge in [-0.3, -0.25) is 0 Å². The molecule has 0 aliphatic heterocycles. The van der Waals surface area contributed by atoms with Crippen LogP contribution in [-0.2, 0) is 0 Å². The lowest BCUT2D eigenvalue weighted by molar-refractivity contribution is 0.345. The summed E-state index contributed by atoms with van der Waals surface area (Å²) >= 11 is 4.42. The Morgan fingerprint density at radius 3 is 2.84 bits per heavy atom. The van der Waals surface area contributed by atoms with Crippen LogP contribution in [0.4, 0.5) is 5.82 Å². The standard InChI is InChI=1S/C14H20N4S/c1-18(11-4-2-10(8-19)3-5-11)14-12-6-7-15-13(12)16-9-17-14/h6-7,9-11,19H,2-5,8H2,1H3,(H,15,16,17)/t10-,11-. The minimum atomic E-state index is 0.587. The van der Waals surface area contributed by atoms with E-state index >= 15 is 0 Å². The minimum Gasteiger partial charge on any atom is -0.356 e. The molecule has 0 aromatic carbocycles. The molecule has 0 unspecified atom stereocenters. The maximum absolute atomic E-state index is 4.47. The van der Waals surface area contributed by atoms with E-state index in [1.54, 1.807) is 6.33 Å². The van der Waals surface area contributed by atoms with Gasteiger partial charge in [-0.2, -0.15) is 12.6 Å². The summed E-state index contributed by atoms with van der Waals surface area (Å²) in [5.41, 5.74) is 0.917. The Morgan fingerprint density at radius 1 is 1.32 bits per heavy atom. The maximum Gasteiger partial charge on any atom is 0.142 e. The van der Waals surface area contributed by atoms with E-state index in [-0.39, 0.29) is 0 Å². The van der Waals surface area contributed by atoms with Gasteiger partial charge in [-0.1, -0.05) is 0 Å². The lowest BCUT2D eigenvalue weighted by Gasteiger charge is -2.35. The van der Waals surface area contributed by atoms with Gasteiger partial charge in [0.2, 0.25) is 0 Å². The van der Waals surface area contributed by atoms with Gasteiger partial charge in [0.05, 0.1) is 5.39 Å². The lowest BCUT2D eigenvalue weighted by atomic mass is 9.86. The smallest absolute Gasteiger partial charge is 0.142 e. The number of hydrogen-bond acceptors (Lipinski definition) is 4. The van der Waals surface area contributed by atoms with Crippen LogP contribution in [-0.4, -0.2) is 33.8 Å². The Hall–Kier alpha value is -1.23. The number of nitrogens with zero attached hydrogens (tertiary/aromatic N) is 3. The number of fused-ring (bicyclic) bond motifs is 1. The molecular formula is C14H20N4S. The zero-order chi connectivity index (χ0) is 13.2. The molecule has 1 saturated carbocycles. The van der Waals surface area contributed by atoms with Crippen LogP contribution in [0.25, 0.3) is 11.0 Å². The summed E-state index contributed by atoms with van der Waals surface area (Å²) in [7, 11) is 2.15. The predicted molar refractivity (Wildman–Crippen MR) is 81.9 cm³/mol. The van der Waals surface area contributed by atoms with E-state index < -0.39 is 0 Å². The third-order valence-electron chi connectivity index (χ3n) is 4.29. The van der Waals surface area contributed by atoms with Crippen LogP contribution in [0.1, 0.15) is 25.7 Å². The number of nitrogens with one attached hydrogen (secondary N) is 1. The van der Waals surface area contributed by atoms with Crippen molar-refractivity contribution in [3.8, 4) is 0 Å². The summed E-state index contributed by atoms with van der Waals surface area (Å²) in [6.45, 7) is 0. The molecule has 0 spiro atoms. The second-order valence-corrected chi connectivity index (χ2v) is 5.77. The fraction of sp³-hybridized carbons (Fsp3) is 0.571. The van der Waals surface area contributed by atoms with Crippen molar-refractivity contribution in [1.29, 1.82) is 0 Å². The molecule has 5 heteroatoms. The number of thiol groups is 1. The summed E-state index contributed by atoms with van der Waals surface area (Å²) in [6, 6.07) is 2.64. The average molecular weight is 276 g/mol. The molecule has 1 N–H and O–H groups in total. The van der Waals surface area contributed by atoms with E-state index in [0.717, 1.165) is 28.5 Å². The first-order chi connectivity index (χ1) is 9.29. The van der Waals surface area contributed by atoms with Crippen LogP contribution in [0.3, 0.4) is 0 Å². The Morgan fingerprint density at radius 2 is 2.11 bits per heavy atom. The fourth-order valence-corrected chi connectivity index (χ4v) is 3.39. The molecule has 0 bridgehead atoms. The van der Waals surface area contributed by atoms with Gasteiger partial charge in [0.25, 0.3) is 0 Å². The maximum atomic E-state index is 4.47. The third kappa shape index (κ3) is 2.43. The normalized spacial score (nSPS) is 23.7. The number of aromatic amines is 1. The highest BCUT2D eigenvalue weighted by Gasteiger charge is 2.25. The molecule has 1 fully saturated rings. The van der Waals surface area contributed by atoms with Crippen LogP contribution in [0.15, 0.2) is 18.6 Å². The van der Waals surface area contributed by atoms with Crippen LogP contribution < -0.4 is 4.90 Å². The van der Waals surface area contributed by atoms with Gasteiger partial charge in [0, 0.05) is 19.3 Å². The van der Waals surface area contributed by atoms with E-state index in [9.17, 15) is 0 Å². The second kappa shape index (κ2) is 5.41. The van der Waals surface area contributed by atoms with Crippen LogP contribution in [0, 0.1) is 5.92 Å². The molecule has 0 saturated heterocycles. The van der Waals surface area contributed by atoms with Crippen molar-refractivity contribution in [3.05, 3.63) is 18.6 Å². The molecule has 0 atom stereocenters. The van der Waals surface area contributed by atoms with Gasteiger partial charge >= 0.3 is 0 Å². The van der Waals surface area contributed by atoms with E-state index in [0.29, 0.717) is 6.04 Å². The highest BCUT2D eigenvalue weighted by molar-refractivity contribution is 7.80. The van der Waals surface area contributed by atoms with Crippen LogP contribution >= 0.6 is 12.6 Å². The number of hydrogen-bond donors (Lipinski definition) is 2. The first kappa shape index (κ1) is 12.8. The Labute approximate surface area is 119 Å². The molecule has 102 valence electrons. The van der Waals surface area contributed by atoms with Crippen molar-refractivity contribution < 1.29 is 0 Å². The summed E-state index contributed by atoms with van der Waals surface area (Å²) < 4.78 is 0. The Balaban J connectivity index is 1.80. The molecule has 19 heavy (non-hydrogen) atoms. The van der Waals surface area contributed by atoms with Crippen LogP contribution in [0.5, 0.6) is 0 Å². The number of rotatable bonds is 3. The summed E-state index contributed by atoms with van der Waals surface area (Å²) in [5, 5.41) is 1.11. The zero-order valence-corrected chi connectivity index (χ0v) is 12.1. The number of anilines is 1. The molecule has 0 amide bonds. The van der Waals surface area contributed by atoms with Crippen LogP contribution in [0.2, 0.25) is 0 Å². The van der Waals surface area contributed by atoms with Gasteiger partial charge < -0.3 is 9.88 Å². The van der Waals surface area contributed by atoms with E-state index in [1.165, 1.54) is 25.7 Å². The van der Waals surface area contributed by atoms with Gasteiger partial charge in [-0.15, -0.1) is 0 Å². The fourth-order valence-electron chi connectivity index (χ4n) is 3.03. The van der Waals surface area contributed by atoms with Crippen molar-refractivity contribution in [1.82, 2.24) is 15.0 Å². The molecule has 2 aromatic rings. The van der Waals surface area contributed by atoms with Crippen molar-refractivity contribution in [2.45, 2.75) is 31.7 Å². The van der Waals surface area contributed by atoms with Crippen molar-refractivity contribution in [2.24, 2.45) is 5.92 Å². The van der Waals surface area contributed by atoms with E-state index in [4.69, 9.17) is 0 Å². The average Bonchev–Trinajstić information content (AvgIpc) is 2.95. The summed E-state index contributed by atoms with van der Waals surface area (Å²) in [6.07, 6.45) is 8.59. The predicted octanol–water partition coefficient (Wildman–Crippen LogP) is 2.88. The van der Waals surface area contributed by atoms with Gasteiger partial charge in [0.15, 0.2) is 0 Å². The van der Waals surface area contributed by atoms with Crippen molar-refractivity contribution in [2.75, 3.05) is 17.7 Å². The van der Waals surface area contributed by atoms with E-state index in [2.05, 4.69) is 45.6 Å². The van der Waals surface area contributed by atoms with Gasteiger partial charge in [-0.05, 0) is 43.4 Å². The molecule has 1 aliphatic rings. The highest BCUT2D eigenvalue weighted by Crippen LogP contribution is 2.31. The van der Waals surface area contributed by atoms with Gasteiger partial charge in [0.1, 0.15) is 17.8 Å². The number of aromatic nitrogens is 3. The number of H-pyrrole nitrogens is 1. The third-order valence-corrected chi connectivity index (χ3v) is 4.81. The molecule has 0 radical (unpaired) electrons. The monoisotopic (exact) mass is 276 g/mol. The Kier molecular flexibility index (Phi) is 3.64. The summed E-state index contributed by atoms with van der Waals surface area (Å²) in [5.74, 6) is 2.86. The van der Waals surface area contributed by atoms with E-state index in [1.807, 2.05) is 6.20 Å². The van der Waals surface area contributed by atoms with Crippen molar-refractivity contribution in [3.63, 3.8) is 0 Å². The zero-order valence-electron chi connectivity index (χ0n) is 11.2. The SMILES string of the molecule is CN(c1ncnc2[nH]ccc12)[C@H]1CC[C@H](CS)CC1. The van der Waals surface area contributed by atoms with Crippen molar-refractivity contribution >= 4 is 29.5 Å². The minimum absolute atomic E-state index is 0.587. The second-order valence-electron chi connectivity index (χ2n) is 5.41.